The molecule has 3 N–H and O–H groups in total. The van der Waals surface area contributed by atoms with Crippen LogP contribution >= 0.6 is 11.8 Å². The number of aliphatic hydroxyl groups excluding tert-OH is 1. The Morgan fingerprint density at radius 3 is 2.67 bits per heavy atom. The molecule has 6 heteroatoms. The number of sulfone groups is 1. The van der Waals surface area contributed by atoms with Gasteiger partial charge in [0.05, 0.1) is 17.6 Å². The average molecular weight is 253 g/mol. The summed E-state index contributed by atoms with van der Waals surface area (Å²) in [6.45, 7) is 0.252. The van der Waals surface area contributed by atoms with E-state index in [-0.39, 0.29) is 18.1 Å². The highest BCUT2D eigenvalue weighted by atomic mass is 32.2. The maximum absolute atomic E-state index is 11.4. The molecule has 0 bridgehead atoms. The van der Waals surface area contributed by atoms with E-state index in [1.165, 1.54) is 0 Å². The lowest BCUT2D eigenvalue weighted by Gasteiger charge is -2.31. The van der Waals surface area contributed by atoms with Crippen LogP contribution in [0.25, 0.3) is 0 Å². The van der Waals surface area contributed by atoms with E-state index in [1.807, 2.05) is 6.26 Å². The minimum absolute atomic E-state index is 0.0477. The van der Waals surface area contributed by atoms with Crippen molar-refractivity contribution in [2.75, 3.05) is 30.1 Å². The number of aliphatic hydroxyl groups is 1. The van der Waals surface area contributed by atoms with Crippen LogP contribution in [-0.2, 0) is 9.84 Å². The first kappa shape index (κ1) is 13.3. The molecule has 15 heavy (non-hydrogen) atoms. The maximum Gasteiger partial charge on any atom is 0.151 e. The fourth-order valence-electron chi connectivity index (χ4n) is 2.04. The summed E-state index contributed by atoms with van der Waals surface area (Å²) in [6.07, 6.45) is 2.50. The minimum atomic E-state index is -2.98. The van der Waals surface area contributed by atoms with Gasteiger partial charge < -0.3 is 10.8 Å². The molecular weight excluding hydrogens is 234 g/mol. The second-order valence-corrected chi connectivity index (χ2v) is 7.38. The molecule has 4 nitrogen and oxygen atoms in total. The fourth-order valence-corrected chi connectivity index (χ4v) is 4.69. The summed E-state index contributed by atoms with van der Waals surface area (Å²) in [5.74, 6) is 1.05. The van der Waals surface area contributed by atoms with E-state index in [1.54, 1.807) is 11.8 Å². The summed E-state index contributed by atoms with van der Waals surface area (Å²) in [4.78, 5) is 0. The van der Waals surface area contributed by atoms with Gasteiger partial charge in [-0.3, -0.25) is 0 Å². The zero-order valence-corrected chi connectivity index (χ0v) is 10.6. The molecule has 90 valence electrons. The monoisotopic (exact) mass is 253 g/mol. The van der Waals surface area contributed by atoms with Crippen LogP contribution in [0.4, 0.5) is 0 Å². The van der Waals surface area contributed by atoms with Gasteiger partial charge in [0.1, 0.15) is 0 Å². The topological polar surface area (TPSA) is 80.4 Å². The van der Waals surface area contributed by atoms with Gasteiger partial charge in [0, 0.05) is 12.0 Å². The van der Waals surface area contributed by atoms with Crippen LogP contribution in [0.15, 0.2) is 0 Å². The lowest BCUT2D eigenvalue weighted by molar-refractivity contribution is 0.0462. The highest BCUT2D eigenvalue weighted by molar-refractivity contribution is 7.98. The predicted molar refractivity (Wildman–Crippen MR) is 63.8 cm³/mol. The summed E-state index contributed by atoms with van der Waals surface area (Å²) in [6, 6.07) is 0. The fraction of sp³-hybridized carbons (Fsp3) is 1.00. The van der Waals surface area contributed by atoms with E-state index in [0.29, 0.717) is 12.8 Å². The van der Waals surface area contributed by atoms with Crippen LogP contribution in [-0.4, -0.2) is 49.7 Å². The molecule has 1 heterocycles. The third-order valence-corrected chi connectivity index (χ3v) is 5.61. The Hall–Kier alpha value is 0.220. The van der Waals surface area contributed by atoms with Gasteiger partial charge >= 0.3 is 0 Å². The largest absolute Gasteiger partial charge is 0.392 e. The van der Waals surface area contributed by atoms with Crippen molar-refractivity contribution in [1.29, 1.82) is 0 Å². The van der Waals surface area contributed by atoms with Gasteiger partial charge in [-0.15, -0.1) is 0 Å². The normalized spacial score (nSPS) is 31.7. The summed E-state index contributed by atoms with van der Waals surface area (Å²) in [7, 11) is -2.98. The van der Waals surface area contributed by atoms with Crippen molar-refractivity contribution in [2.24, 2.45) is 11.1 Å². The number of nitrogens with two attached hydrogens (primary N) is 1. The molecule has 1 aliphatic rings. The molecule has 1 fully saturated rings. The molecule has 1 aliphatic heterocycles. The summed E-state index contributed by atoms with van der Waals surface area (Å²) in [5, 5.41) is 10.0. The standard InChI is InChI=1S/C9H19NO3S2/c1-14-4-2-8(11)9(6-10)3-5-15(12,13)7-9/h8,11H,2-7,10H2,1H3. The molecule has 2 atom stereocenters. The van der Waals surface area contributed by atoms with Crippen LogP contribution in [0.3, 0.4) is 0 Å². The van der Waals surface area contributed by atoms with Crippen molar-refractivity contribution in [3.8, 4) is 0 Å². The zero-order chi connectivity index (χ0) is 11.5. The summed E-state index contributed by atoms with van der Waals surface area (Å²) >= 11 is 1.65. The molecule has 0 amide bonds. The van der Waals surface area contributed by atoms with Gasteiger partial charge in [0.15, 0.2) is 9.84 Å². The second-order valence-electron chi connectivity index (χ2n) is 4.21. The van der Waals surface area contributed by atoms with E-state index in [0.717, 1.165) is 5.75 Å². The minimum Gasteiger partial charge on any atom is -0.392 e. The van der Waals surface area contributed by atoms with Gasteiger partial charge in [0.25, 0.3) is 0 Å². The molecule has 0 aromatic rings. The molecular formula is C9H19NO3S2. The van der Waals surface area contributed by atoms with Gasteiger partial charge in [-0.2, -0.15) is 11.8 Å². The molecule has 0 aromatic carbocycles. The van der Waals surface area contributed by atoms with Crippen LogP contribution < -0.4 is 5.73 Å². The Morgan fingerprint density at radius 1 is 1.60 bits per heavy atom. The maximum atomic E-state index is 11.4. The van der Waals surface area contributed by atoms with Crippen molar-refractivity contribution < 1.29 is 13.5 Å². The van der Waals surface area contributed by atoms with Crippen LogP contribution in [0.2, 0.25) is 0 Å². The summed E-state index contributed by atoms with van der Waals surface area (Å²) in [5.41, 5.74) is 5.04. The van der Waals surface area contributed by atoms with Gasteiger partial charge in [-0.05, 0) is 24.9 Å². The quantitative estimate of drug-likeness (QED) is 0.713. The predicted octanol–water partition coefficient (Wildman–Crippen LogP) is -0.136. The van der Waals surface area contributed by atoms with E-state index >= 15 is 0 Å². The Kier molecular flexibility index (Phi) is 4.46. The lowest BCUT2D eigenvalue weighted by Crippen LogP contribution is -2.43. The molecule has 1 saturated heterocycles. The molecule has 1 rings (SSSR count). The van der Waals surface area contributed by atoms with Crippen molar-refractivity contribution in [3.63, 3.8) is 0 Å². The van der Waals surface area contributed by atoms with E-state index in [2.05, 4.69) is 0 Å². The van der Waals surface area contributed by atoms with Crippen molar-refractivity contribution in [3.05, 3.63) is 0 Å². The molecule has 0 aromatic heterocycles. The van der Waals surface area contributed by atoms with E-state index in [4.69, 9.17) is 5.73 Å². The smallest absolute Gasteiger partial charge is 0.151 e. The Balaban J connectivity index is 2.70. The van der Waals surface area contributed by atoms with E-state index in [9.17, 15) is 13.5 Å². The Morgan fingerprint density at radius 2 is 2.27 bits per heavy atom. The lowest BCUT2D eigenvalue weighted by atomic mass is 9.80. The Bertz CT molecular complexity index is 304. The molecule has 0 aliphatic carbocycles. The molecule has 0 saturated carbocycles. The molecule has 0 radical (unpaired) electrons. The van der Waals surface area contributed by atoms with Crippen LogP contribution in [0.1, 0.15) is 12.8 Å². The third-order valence-electron chi connectivity index (χ3n) is 3.13. The van der Waals surface area contributed by atoms with Gasteiger partial charge in [-0.1, -0.05) is 0 Å². The number of rotatable bonds is 5. The molecule has 0 spiro atoms. The average Bonchev–Trinajstić information content (AvgIpc) is 2.52. The number of hydrogen-bond donors (Lipinski definition) is 2. The number of hydrogen-bond acceptors (Lipinski definition) is 5. The van der Waals surface area contributed by atoms with Crippen LogP contribution in [0, 0.1) is 5.41 Å². The van der Waals surface area contributed by atoms with E-state index < -0.39 is 21.4 Å². The SMILES string of the molecule is CSCCC(O)C1(CN)CCS(=O)(=O)C1. The number of thioether (sulfide) groups is 1. The van der Waals surface area contributed by atoms with Crippen LogP contribution in [0.5, 0.6) is 0 Å². The zero-order valence-electron chi connectivity index (χ0n) is 8.98. The van der Waals surface area contributed by atoms with Crippen molar-refractivity contribution >= 4 is 21.6 Å². The summed E-state index contributed by atoms with van der Waals surface area (Å²) < 4.78 is 22.8. The van der Waals surface area contributed by atoms with Crippen molar-refractivity contribution in [1.82, 2.24) is 0 Å². The highest BCUT2D eigenvalue weighted by Crippen LogP contribution is 2.36. The highest BCUT2D eigenvalue weighted by Gasteiger charge is 2.45. The first-order valence-corrected chi connectivity index (χ1v) is 8.25. The Labute approximate surface area is 95.5 Å². The first-order valence-electron chi connectivity index (χ1n) is 5.03. The van der Waals surface area contributed by atoms with Gasteiger partial charge in [0.2, 0.25) is 0 Å². The first-order chi connectivity index (χ1) is 6.96. The van der Waals surface area contributed by atoms with Crippen molar-refractivity contribution in [2.45, 2.75) is 18.9 Å². The second kappa shape index (κ2) is 5.03. The third kappa shape index (κ3) is 3.09. The van der Waals surface area contributed by atoms with Gasteiger partial charge in [-0.25, -0.2) is 8.42 Å². The molecule has 2 unspecified atom stereocenters.